The first kappa shape index (κ1) is 22.1. The molecule has 1 aliphatic heterocycles. The lowest BCUT2D eigenvalue weighted by Crippen LogP contribution is -2.19. The Hall–Kier alpha value is -3.59. The summed E-state index contributed by atoms with van der Waals surface area (Å²) in [5.74, 6) is 0.471. The first-order chi connectivity index (χ1) is 15.0. The fourth-order valence-electron chi connectivity index (χ4n) is 2.65. The summed E-state index contributed by atoms with van der Waals surface area (Å²) in [6, 6.07) is 13.3. The van der Waals surface area contributed by atoms with Crippen LogP contribution in [-0.4, -0.2) is 37.5 Å². The highest BCUT2D eigenvalue weighted by Crippen LogP contribution is 2.25. The molecule has 0 atom stereocenters. The van der Waals surface area contributed by atoms with Gasteiger partial charge in [0.15, 0.2) is 5.17 Å². The summed E-state index contributed by atoms with van der Waals surface area (Å²) in [5, 5.41) is 10.8. The first-order valence-corrected chi connectivity index (χ1v) is 10.1. The normalized spacial score (nSPS) is 16.0. The van der Waals surface area contributed by atoms with Gasteiger partial charge < -0.3 is 14.2 Å². The second kappa shape index (κ2) is 10.4. The minimum atomic E-state index is -0.610. The number of amidine groups is 1. The van der Waals surface area contributed by atoms with Gasteiger partial charge in [-0.25, -0.2) is 4.79 Å². The van der Waals surface area contributed by atoms with Gasteiger partial charge in [0.25, 0.3) is 5.91 Å². The lowest BCUT2D eigenvalue weighted by Gasteiger charge is -2.12. The predicted molar refractivity (Wildman–Crippen MR) is 119 cm³/mol. The predicted octanol–water partition coefficient (Wildman–Crippen LogP) is 3.19. The van der Waals surface area contributed by atoms with Gasteiger partial charge in [-0.05, 0) is 54.1 Å². The lowest BCUT2D eigenvalue weighted by atomic mass is 10.1. The third-order valence-corrected chi connectivity index (χ3v) is 5.14. The van der Waals surface area contributed by atoms with Crippen molar-refractivity contribution in [2.24, 2.45) is 10.2 Å². The minimum Gasteiger partial charge on any atom is -0.496 e. The topological polar surface area (TPSA) is 98.6 Å². The number of nitrogens with zero attached hydrogens (tertiary/aromatic N) is 2. The molecule has 0 radical (unpaired) electrons. The SMILES string of the molecule is COC(=O)/C=C1/S/C(=N\N=Cc2ccc(OC)c(COc3ccccc3C)c2)NC1=O. The van der Waals surface area contributed by atoms with E-state index < -0.39 is 11.9 Å². The Kier molecular flexibility index (Phi) is 7.45. The van der Waals surface area contributed by atoms with Crippen molar-refractivity contribution in [2.45, 2.75) is 13.5 Å². The zero-order chi connectivity index (χ0) is 22.2. The molecule has 3 rings (SSSR count). The fourth-order valence-corrected chi connectivity index (χ4v) is 3.39. The van der Waals surface area contributed by atoms with Gasteiger partial charge in [-0.1, -0.05) is 18.2 Å². The highest BCUT2D eigenvalue weighted by atomic mass is 32.2. The number of para-hydroxylation sites is 1. The van der Waals surface area contributed by atoms with Crippen molar-refractivity contribution in [1.29, 1.82) is 0 Å². The van der Waals surface area contributed by atoms with Crippen LogP contribution in [0, 0.1) is 6.92 Å². The van der Waals surface area contributed by atoms with E-state index in [4.69, 9.17) is 9.47 Å². The van der Waals surface area contributed by atoms with Crippen LogP contribution < -0.4 is 14.8 Å². The van der Waals surface area contributed by atoms with Crippen molar-refractivity contribution in [1.82, 2.24) is 5.32 Å². The largest absolute Gasteiger partial charge is 0.496 e. The third kappa shape index (κ3) is 5.95. The average Bonchev–Trinajstić information content (AvgIpc) is 3.12. The van der Waals surface area contributed by atoms with Crippen molar-refractivity contribution in [2.75, 3.05) is 14.2 Å². The number of thioether (sulfide) groups is 1. The Labute approximate surface area is 184 Å². The van der Waals surface area contributed by atoms with E-state index in [1.54, 1.807) is 13.3 Å². The Bertz CT molecular complexity index is 1080. The molecule has 31 heavy (non-hydrogen) atoms. The van der Waals surface area contributed by atoms with Gasteiger partial charge in [0.2, 0.25) is 0 Å². The standard InChI is InChI=1S/C22H21N3O5S/c1-14-6-4-5-7-17(14)30-13-16-10-15(8-9-18(16)28-2)12-23-25-22-24-21(27)19(31-22)11-20(26)29-3/h4-12H,13H2,1-3H3,(H,24,25,27)/b19-11+,23-12?. The molecular formula is C22H21N3O5S. The van der Waals surface area contributed by atoms with Gasteiger partial charge in [0.05, 0.1) is 25.3 Å². The lowest BCUT2D eigenvalue weighted by molar-refractivity contribution is -0.135. The van der Waals surface area contributed by atoms with Crippen molar-refractivity contribution in [3.05, 3.63) is 70.1 Å². The number of esters is 1. The summed E-state index contributed by atoms with van der Waals surface area (Å²) < 4.78 is 15.9. The van der Waals surface area contributed by atoms with Crippen molar-refractivity contribution >= 4 is 35.0 Å². The van der Waals surface area contributed by atoms with E-state index in [2.05, 4.69) is 20.3 Å². The number of carbonyl (C=O) groups is 2. The summed E-state index contributed by atoms with van der Waals surface area (Å²) in [6.07, 6.45) is 2.66. The number of carbonyl (C=O) groups excluding carboxylic acids is 2. The molecule has 1 aliphatic rings. The highest BCUT2D eigenvalue weighted by Gasteiger charge is 2.25. The van der Waals surface area contributed by atoms with Crippen LogP contribution >= 0.6 is 11.8 Å². The molecule has 0 aromatic heterocycles. The molecule has 1 amide bonds. The van der Waals surface area contributed by atoms with E-state index in [0.717, 1.165) is 40.3 Å². The second-order valence-corrected chi connectivity index (χ2v) is 7.39. The van der Waals surface area contributed by atoms with Crippen LogP contribution in [0.3, 0.4) is 0 Å². The Morgan fingerprint density at radius 3 is 2.71 bits per heavy atom. The number of nitrogens with one attached hydrogen (secondary N) is 1. The number of hydrogen-bond acceptors (Lipinski definition) is 8. The molecule has 160 valence electrons. The third-order valence-electron chi connectivity index (χ3n) is 4.24. The molecule has 1 heterocycles. The molecule has 9 heteroatoms. The van der Waals surface area contributed by atoms with Gasteiger partial charge in [0, 0.05) is 11.6 Å². The molecule has 1 saturated heterocycles. The van der Waals surface area contributed by atoms with E-state index in [-0.39, 0.29) is 10.1 Å². The number of aryl methyl sites for hydroxylation is 1. The number of hydrogen-bond donors (Lipinski definition) is 1. The van der Waals surface area contributed by atoms with Gasteiger partial charge in [-0.2, -0.15) is 5.10 Å². The summed E-state index contributed by atoms with van der Waals surface area (Å²) in [5.41, 5.74) is 2.69. The summed E-state index contributed by atoms with van der Waals surface area (Å²) in [6.45, 7) is 2.32. The van der Waals surface area contributed by atoms with Crippen molar-refractivity contribution in [3.8, 4) is 11.5 Å². The van der Waals surface area contributed by atoms with Crippen LogP contribution in [0.4, 0.5) is 0 Å². The van der Waals surface area contributed by atoms with E-state index in [9.17, 15) is 9.59 Å². The van der Waals surface area contributed by atoms with E-state index >= 15 is 0 Å². The molecule has 0 bridgehead atoms. The zero-order valence-corrected chi connectivity index (χ0v) is 18.1. The Morgan fingerprint density at radius 1 is 1.16 bits per heavy atom. The highest BCUT2D eigenvalue weighted by molar-refractivity contribution is 8.18. The zero-order valence-electron chi connectivity index (χ0n) is 17.2. The summed E-state index contributed by atoms with van der Waals surface area (Å²) in [4.78, 5) is 23.3. The van der Waals surface area contributed by atoms with Gasteiger partial charge >= 0.3 is 5.97 Å². The van der Waals surface area contributed by atoms with Crippen LogP contribution in [0.5, 0.6) is 11.5 Å². The van der Waals surface area contributed by atoms with Crippen LogP contribution in [0.15, 0.2) is 63.6 Å². The smallest absolute Gasteiger partial charge is 0.331 e. The first-order valence-electron chi connectivity index (χ1n) is 9.25. The van der Waals surface area contributed by atoms with Crippen LogP contribution in [0.2, 0.25) is 0 Å². The summed E-state index contributed by atoms with van der Waals surface area (Å²) in [7, 11) is 2.84. The molecular weight excluding hydrogens is 418 g/mol. The molecule has 2 aromatic carbocycles. The number of ether oxygens (including phenoxy) is 3. The molecule has 0 saturated carbocycles. The van der Waals surface area contributed by atoms with E-state index in [1.165, 1.54) is 7.11 Å². The van der Waals surface area contributed by atoms with E-state index in [1.807, 2.05) is 49.4 Å². The quantitative estimate of drug-likeness (QED) is 0.308. The Morgan fingerprint density at radius 2 is 1.97 bits per heavy atom. The van der Waals surface area contributed by atoms with Crippen LogP contribution in [-0.2, 0) is 20.9 Å². The van der Waals surface area contributed by atoms with Crippen LogP contribution in [0.25, 0.3) is 0 Å². The van der Waals surface area contributed by atoms with Crippen LogP contribution in [0.1, 0.15) is 16.7 Å². The van der Waals surface area contributed by atoms with Gasteiger partial charge in [-0.3, -0.25) is 10.1 Å². The van der Waals surface area contributed by atoms with Gasteiger partial charge in [0.1, 0.15) is 18.1 Å². The molecule has 1 N–H and O–H groups in total. The van der Waals surface area contributed by atoms with Crippen molar-refractivity contribution < 1.29 is 23.8 Å². The fraction of sp³-hybridized carbons (Fsp3) is 0.182. The maximum absolute atomic E-state index is 11.8. The molecule has 0 unspecified atom stereocenters. The summed E-state index contributed by atoms with van der Waals surface area (Å²) >= 11 is 1.01. The minimum absolute atomic E-state index is 0.195. The molecule has 0 spiro atoms. The average molecular weight is 439 g/mol. The number of rotatable bonds is 7. The number of benzene rings is 2. The maximum atomic E-state index is 11.8. The number of methoxy groups -OCH3 is 2. The Balaban J connectivity index is 1.70. The van der Waals surface area contributed by atoms with E-state index in [0.29, 0.717) is 12.4 Å². The number of amides is 1. The maximum Gasteiger partial charge on any atom is 0.331 e. The van der Waals surface area contributed by atoms with Gasteiger partial charge in [-0.15, -0.1) is 5.10 Å². The molecule has 8 nitrogen and oxygen atoms in total. The monoisotopic (exact) mass is 439 g/mol. The molecule has 0 aliphatic carbocycles. The molecule has 2 aromatic rings. The molecule has 1 fully saturated rings. The second-order valence-electron chi connectivity index (χ2n) is 6.36. The van der Waals surface area contributed by atoms with Crippen molar-refractivity contribution in [3.63, 3.8) is 0 Å².